The molecule has 6 nitrogen and oxygen atoms in total. The number of rotatable bonds is 6. The minimum atomic E-state index is -1.28. The Morgan fingerprint density at radius 1 is 1.39 bits per heavy atom. The summed E-state index contributed by atoms with van der Waals surface area (Å²) in [6, 6.07) is 3.56. The average Bonchev–Trinajstić information content (AvgIpc) is 2.37. The van der Waals surface area contributed by atoms with E-state index >= 15 is 0 Å². The fourth-order valence-corrected chi connectivity index (χ4v) is 1.78. The second-order valence-corrected chi connectivity index (χ2v) is 4.20. The molecule has 0 amide bonds. The van der Waals surface area contributed by atoms with Crippen LogP contribution in [0.5, 0.6) is 0 Å². The van der Waals surface area contributed by atoms with Crippen molar-refractivity contribution in [2.24, 2.45) is 0 Å². The predicted molar refractivity (Wildman–Crippen MR) is 67.9 cm³/mol. The number of carbonyl (C=O) groups excluding carboxylic acids is 1. The molecule has 0 aliphatic carbocycles. The number of non-ortho nitro benzene ring substituents is 1. The van der Waals surface area contributed by atoms with Crippen LogP contribution < -0.4 is 0 Å². The van der Waals surface area contributed by atoms with Gasteiger partial charge in [-0.25, -0.2) is 0 Å². The summed E-state index contributed by atoms with van der Waals surface area (Å²) >= 11 is 3.92. The summed E-state index contributed by atoms with van der Waals surface area (Å²) in [5.41, 5.74) is -0.0800. The van der Waals surface area contributed by atoms with Crippen molar-refractivity contribution in [1.82, 2.24) is 0 Å². The summed E-state index contributed by atoms with van der Waals surface area (Å²) in [5, 5.41) is 30.1. The number of thiol groups is 1. The van der Waals surface area contributed by atoms with Crippen LogP contribution in [0.3, 0.4) is 0 Å². The van der Waals surface area contributed by atoms with Gasteiger partial charge in [-0.05, 0) is 23.8 Å². The number of hydrogen-bond donors (Lipinski definition) is 3. The Kier molecular flexibility index (Phi) is 5.26. The summed E-state index contributed by atoms with van der Waals surface area (Å²) < 4.78 is 0. The summed E-state index contributed by atoms with van der Waals surface area (Å²) in [6.45, 7) is 0. The van der Waals surface area contributed by atoms with E-state index in [2.05, 4.69) is 12.6 Å². The molecule has 98 valence electrons. The molecule has 2 N–H and O–H groups in total. The normalized spacial score (nSPS) is 13.9. The standard InChI is InChI=1S/C11H13NO5S/c13-6-7-3-8(5-9(4-7)12(16)17)11(15)10(14)1-2-18/h3-6,10-11,14-15,18H,1-2H2. The van der Waals surface area contributed by atoms with Crippen molar-refractivity contribution in [2.75, 3.05) is 5.75 Å². The third-order valence-corrected chi connectivity index (χ3v) is 2.70. The number of nitrogens with zero attached hydrogens (tertiary/aromatic N) is 1. The van der Waals surface area contributed by atoms with Gasteiger partial charge in [-0.2, -0.15) is 12.6 Å². The van der Waals surface area contributed by atoms with Crippen LogP contribution in [-0.2, 0) is 0 Å². The number of aliphatic hydroxyl groups excluding tert-OH is 2. The van der Waals surface area contributed by atoms with Gasteiger partial charge in [0.05, 0.1) is 11.0 Å². The monoisotopic (exact) mass is 271 g/mol. The molecule has 0 bridgehead atoms. The van der Waals surface area contributed by atoms with E-state index in [0.717, 1.165) is 12.1 Å². The Bertz CT molecular complexity index is 451. The van der Waals surface area contributed by atoms with Crippen LogP contribution in [-0.4, -0.2) is 33.3 Å². The lowest BCUT2D eigenvalue weighted by Crippen LogP contribution is -2.19. The van der Waals surface area contributed by atoms with Crippen molar-refractivity contribution in [1.29, 1.82) is 0 Å². The van der Waals surface area contributed by atoms with Crippen molar-refractivity contribution in [2.45, 2.75) is 18.6 Å². The summed E-state index contributed by atoms with van der Waals surface area (Å²) in [7, 11) is 0. The van der Waals surface area contributed by atoms with Gasteiger partial charge < -0.3 is 10.2 Å². The predicted octanol–water partition coefficient (Wildman–Crippen LogP) is 1.12. The molecule has 7 heteroatoms. The number of aldehydes is 1. The largest absolute Gasteiger partial charge is 0.390 e. The fraction of sp³-hybridized carbons (Fsp3) is 0.364. The number of carbonyl (C=O) groups is 1. The number of hydrogen-bond acceptors (Lipinski definition) is 6. The van der Waals surface area contributed by atoms with Gasteiger partial charge in [-0.1, -0.05) is 0 Å². The van der Waals surface area contributed by atoms with Gasteiger partial charge in [-0.3, -0.25) is 14.9 Å². The molecule has 0 aliphatic rings. The van der Waals surface area contributed by atoms with Crippen LogP contribution in [0.2, 0.25) is 0 Å². The number of aliphatic hydroxyl groups is 2. The smallest absolute Gasteiger partial charge is 0.270 e. The van der Waals surface area contributed by atoms with E-state index in [1.807, 2.05) is 0 Å². The van der Waals surface area contributed by atoms with Crippen LogP contribution >= 0.6 is 12.6 Å². The van der Waals surface area contributed by atoms with Crippen LogP contribution in [0.25, 0.3) is 0 Å². The maximum atomic E-state index is 10.7. The van der Waals surface area contributed by atoms with Crippen molar-refractivity contribution >= 4 is 24.6 Å². The highest BCUT2D eigenvalue weighted by Crippen LogP contribution is 2.24. The zero-order valence-corrected chi connectivity index (χ0v) is 10.3. The molecular formula is C11H13NO5S. The molecule has 1 aromatic carbocycles. The zero-order valence-electron chi connectivity index (χ0n) is 9.39. The van der Waals surface area contributed by atoms with Crippen LogP contribution in [0.4, 0.5) is 5.69 Å². The van der Waals surface area contributed by atoms with Gasteiger partial charge in [0.2, 0.25) is 0 Å². The number of nitro benzene ring substituents is 1. The molecule has 1 rings (SSSR count). The van der Waals surface area contributed by atoms with Crippen molar-refractivity contribution < 1.29 is 19.9 Å². The number of benzene rings is 1. The van der Waals surface area contributed by atoms with E-state index in [-0.39, 0.29) is 23.2 Å². The minimum absolute atomic E-state index is 0.0799. The molecule has 1 aromatic rings. The first-order valence-corrected chi connectivity index (χ1v) is 5.84. The Labute approximate surface area is 109 Å². The van der Waals surface area contributed by atoms with Crippen molar-refractivity contribution in [3.05, 3.63) is 39.4 Å². The molecule has 2 unspecified atom stereocenters. The quantitative estimate of drug-likeness (QED) is 0.311. The minimum Gasteiger partial charge on any atom is -0.390 e. The molecule has 0 radical (unpaired) electrons. The van der Waals surface area contributed by atoms with E-state index in [9.17, 15) is 25.1 Å². The molecule has 0 spiro atoms. The molecular weight excluding hydrogens is 258 g/mol. The highest BCUT2D eigenvalue weighted by Gasteiger charge is 2.21. The molecule has 18 heavy (non-hydrogen) atoms. The molecule has 0 saturated heterocycles. The maximum Gasteiger partial charge on any atom is 0.270 e. The van der Waals surface area contributed by atoms with Gasteiger partial charge in [-0.15, -0.1) is 0 Å². The molecule has 0 fully saturated rings. The molecule has 0 aromatic heterocycles. The van der Waals surface area contributed by atoms with Gasteiger partial charge >= 0.3 is 0 Å². The second kappa shape index (κ2) is 6.48. The third-order valence-electron chi connectivity index (χ3n) is 2.44. The first-order chi connectivity index (χ1) is 8.49. The Morgan fingerprint density at radius 2 is 2.06 bits per heavy atom. The van der Waals surface area contributed by atoms with Gasteiger partial charge in [0.25, 0.3) is 5.69 Å². The Morgan fingerprint density at radius 3 is 2.56 bits per heavy atom. The lowest BCUT2D eigenvalue weighted by atomic mass is 10.00. The molecule has 0 saturated carbocycles. The van der Waals surface area contributed by atoms with E-state index in [1.54, 1.807) is 0 Å². The lowest BCUT2D eigenvalue weighted by molar-refractivity contribution is -0.385. The molecule has 0 heterocycles. The van der Waals surface area contributed by atoms with E-state index in [4.69, 9.17) is 0 Å². The van der Waals surface area contributed by atoms with Gasteiger partial charge in [0.1, 0.15) is 12.4 Å². The third kappa shape index (κ3) is 3.52. The van der Waals surface area contributed by atoms with Gasteiger partial charge in [0.15, 0.2) is 0 Å². The SMILES string of the molecule is O=Cc1cc(C(O)C(O)CCS)cc([N+](=O)[O-])c1. The van der Waals surface area contributed by atoms with E-state index in [0.29, 0.717) is 12.0 Å². The zero-order chi connectivity index (χ0) is 13.7. The topological polar surface area (TPSA) is 101 Å². The highest BCUT2D eigenvalue weighted by atomic mass is 32.1. The Hall–Kier alpha value is -1.44. The van der Waals surface area contributed by atoms with Crippen LogP contribution in [0.1, 0.15) is 28.4 Å². The first kappa shape index (κ1) is 14.6. The lowest BCUT2D eigenvalue weighted by Gasteiger charge is -2.17. The highest BCUT2D eigenvalue weighted by molar-refractivity contribution is 7.80. The second-order valence-electron chi connectivity index (χ2n) is 3.76. The van der Waals surface area contributed by atoms with Crippen molar-refractivity contribution in [3.63, 3.8) is 0 Å². The maximum absolute atomic E-state index is 10.7. The van der Waals surface area contributed by atoms with E-state index < -0.39 is 17.1 Å². The average molecular weight is 271 g/mol. The number of nitro groups is 1. The van der Waals surface area contributed by atoms with Crippen molar-refractivity contribution in [3.8, 4) is 0 Å². The summed E-state index contributed by atoms with van der Waals surface area (Å²) in [6.07, 6.45) is -1.67. The fourth-order valence-electron chi connectivity index (χ4n) is 1.52. The van der Waals surface area contributed by atoms with E-state index in [1.165, 1.54) is 6.07 Å². The summed E-state index contributed by atoms with van der Waals surface area (Å²) in [5.74, 6) is 0.369. The first-order valence-electron chi connectivity index (χ1n) is 5.21. The van der Waals surface area contributed by atoms with Crippen LogP contribution in [0, 0.1) is 10.1 Å². The summed E-state index contributed by atoms with van der Waals surface area (Å²) in [4.78, 5) is 20.7. The molecule has 2 atom stereocenters. The Balaban J connectivity index is 3.11. The molecule has 0 aliphatic heterocycles. The van der Waals surface area contributed by atoms with Gasteiger partial charge in [0, 0.05) is 17.7 Å². The van der Waals surface area contributed by atoms with Crippen LogP contribution in [0.15, 0.2) is 18.2 Å².